The van der Waals surface area contributed by atoms with Gasteiger partial charge in [-0.2, -0.15) is 0 Å². The van der Waals surface area contributed by atoms with Crippen LogP contribution in [0.25, 0.3) is 0 Å². The lowest BCUT2D eigenvalue weighted by atomic mass is 10.2. The van der Waals surface area contributed by atoms with E-state index in [4.69, 9.17) is 6.42 Å². The lowest BCUT2D eigenvalue weighted by Gasteiger charge is -2.22. The number of nitrogens with one attached hydrogen (secondary N) is 1. The highest BCUT2D eigenvalue weighted by Crippen LogP contribution is 2.16. The first kappa shape index (κ1) is 14.5. The largest absolute Gasteiger partial charge is 0.345 e. The third-order valence-electron chi connectivity index (χ3n) is 2.77. The standard InChI is InChI=1S/C15H23N3/c1-5-8-18(9-6-2)15-11-13(12-16-4)10-14(7-3)17-15/h1,10-11,16H,6-9,12H2,2-4H3. The third kappa shape index (κ3) is 4.05. The minimum atomic E-state index is 0.618. The molecule has 0 amide bonds. The fraction of sp³-hybridized carbons (Fsp3) is 0.533. The predicted molar refractivity (Wildman–Crippen MR) is 77.7 cm³/mol. The molecule has 1 heterocycles. The van der Waals surface area contributed by atoms with Gasteiger partial charge in [0.25, 0.3) is 0 Å². The normalized spacial score (nSPS) is 10.1. The van der Waals surface area contributed by atoms with Crippen molar-refractivity contribution in [2.75, 3.05) is 25.0 Å². The summed E-state index contributed by atoms with van der Waals surface area (Å²) in [5.41, 5.74) is 2.38. The minimum absolute atomic E-state index is 0.618. The van der Waals surface area contributed by atoms with Crippen molar-refractivity contribution in [2.45, 2.75) is 33.2 Å². The van der Waals surface area contributed by atoms with Gasteiger partial charge in [0.2, 0.25) is 0 Å². The summed E-state index contributed by atoms with van der Waals surface area (Å²) in [6.45, 7) is 6.71. The molecule has 0 saturated carbocycles. The zero-order valence-corrected chi connectivity index (χ0v) is 11.7. The second-order valence-electron chi connectivity index (χ2n) is 4.33. The van der Waals surface area contributed by atoms with Crippen LogP contribution in [0.4, 0.5) is 5.82 Å². The number of pyridine rings is 1. The van der Waals surface area contributed by atoms with Crippen molar-refractivity contribution in [3.05, 3.63) is 23.4 Å². The van der Waals surface area contributed by atoms with Gasteiger partial charge in [-0.25, -0.2) is 4.98 Å². The summed E-state index contributed by atoms with van der Waals surface area (Å²) >= 11 is 0. The van der Waals surface area contributed by atoms with Crippen LogP contribution >= 0.6 is 0 Å². The van der Waals surface area contributed by atoms with E-state index in [0.29, 0.717) is 6.54 Å². The van der Waals surface area contributed by atoms with E-state index in [-0.39, 0.29) is 0 Å². The van der Waals surface area contributed by atoms with Gasteiger partial charge < -0.3 is 10.2 Å². The van der Waals surface area contributed by atoms with Gasteiger partial charge in [-0.15, -0.1) is 6.42 Å². The number of nitrogens with zero attached hydrogens (tertiary/aromatic N) is 2. The molecule has 3 nitrogen and oxygen atoms in total. The van der Waals surface area contributed by atoms with Crippen molar-refractivity contribution in [3.8, 4) is 12.3 Å². The number of anilines is 1. The molecule has 1 rings (SSSR count). The molecule has 3 heteroatoms. The number of aromatic nitrogens is 1. The molecule has 98 valence electrons. The molecular weight excluding hydrogens is 222 g/mol. The van der Waals surface area contributed by atoms with Crippen LogP contribution in [-0.2, 0) is 13.0 Å². The van der Waals surface area contributed by atoms with E-state index in [1.54, 1.807) is 0 Å². The fourth-order valence-corrected chi connectivity index (χ4v) is 1.94. The van der Waals surface area contributed by atoms with Gasteiger partial charge >= 0.3 is 0 Å². The first-order valence-corrected chi connectivity index (χ1v) is 6.58. The molecule has 0 aliphatic heterocycles. The number of terminal acetylenes is 1. The van der Waals surface area contributed by atoms with E-state index in [2.05, 4.69) is 47.1 Å². The molecule has 0 aliphatic rings. The van der Waals surface area contributed by atoms with Crippen molar-refractivity contribution in [2.24, 2.45) is 0 Å². The summed E-state index contributed by atoms with van der Waals surface area (Å²) < 4.78 is 0. The van der Waals surface area contributed by atoms with Gasteiger partial charge in [-0.1, -0.05) is 19.8 Å². The first-order chi connectivity index (χ1) is 8.74. The van der Waals surface area contributed by atoms with Gasteiger partial charge in [0.15, 0.2) is 0 Å². The fourth-order valence-electron chi connectivity index (χ4n) is 1.94. The second kappa shape index (κ2) is 7.73. The van der Waals surface area contributed by atoms with Crippen LogP contribution in [0.15, 0.2) is 12.1 Å². The topological polar surface area (TPSA) is 28.2 Å². The molecule has 0 aromatic carbocycles. The average Bonchev–Trinajstić information content (AvgIpc) is 2.38. The Balaban J connectivity index is 3.03. The number of hydrogen-bond acceptors (Lipinski definition) is 3. The Hall–Kier alpha value is -1.53. The van der Waals surface area contributed by atoms with Gasteiger partial charge in [-0.3, -0.25) is 0 Å². The molecule has 0 unspecified atom stereocenters. The quantitative estimate of drug-likeness (QED) is 0.747. The monoisotopic (exact) mass is 245 g/mol. The SMILES string of the molecule is C#CCN(CCC)c1cc(CNC)cc(CC)n1. The Bertz CT molecular complexity index is 407. The summed E-state index contributed by atoms with van der Waals surface area (Å²) in [7, 11) is 1.96. The molecule has 1 aromatic rings. The maximum Gasteiger partial charge on any atom is 0.129 e. The first-order valence-electron chi connectivity index (χ1n) is 6.58. The van der Waals surface area contributed by atoms with E-state index >= 15 is 0 Å². The lowest BCUT2D eigenvalue weighted by molar-refractivity contribution is 0.786. The maximum atomic E-state index is 5.43. The molecular formula is C15H23N3. The number of hydrogen-bond donors (Lipinski definition) is 1. The maximum absolute atomic E-state index is 5.43. The number of aryl methyl sites for hydroxylation is 1. The van der Waals surface area contributed by atoms with Crippen molar-refractivity contribution in [1.29, 1.82) is 0 Å². The molecule has 18 heavy (non-hydrogen) atoms. The van der Waals surface area contributed by atoms with Crippen LogP contribution in [0.5, 0.6) is 0 Å². The van der Waals surface area contributed by atoms with Crippen LogP contribution in [-0.4, -0.2) is 25.1 Å². The highest BCUT2D eigenvalue weighted by Gasteiger charge is 2.08. The Morgan fingerprint density at radius 1 is 1.39 bits per heavy atom. The van der Waals surface area contributed by atoms with Crippen LogP contribution in [0.1, 0.15) is 31.5 Å². The molecule has 0 fully saturated rings. The molecule has 1 aromatic heterocycles. The lowest BCUT2D eigenvalue weighted by Crippen LogP contribution is -2.26. The summed E-state index contributed by atoms with van der Waals surface area (Å²) in [4.78, 5) is 6.84. The Kier molecular flexibility index (Phi) is 6.24. The van der Waals surface area contributed by atoms with Gasteiger partial charge in [0.05, 0.1) is 6.54 Å². The molecule has 0 bridgehead atoms. The Morgan fingerprint density at radius 2 is 2.17 bits per heavy atom. The average molecular weight is 245 g/mol. The van der Waals surface area contributed by atoms with Crippen LogP contribution in [0, 0.1) is 12.3 Å². The van der Waals surface area contributed by atoms with Crippen molar-refractivity contribution in [1.82, 2.24) is 10.3 Å². The highest BCUT2D eigenvalue weighted by molar-refractivity contribution is 5.44. The van der Waals surface area contributed by atoms with E-state index < -0.39 is 0 Å². The van der Waals surface area contributed by atoms with E-state index in [0.717, 1.165) is 37.4 Å². The van der Waals surface area contributed by atoms with E-state index in [1.807, 2.05) is 7.05 Å². The van der Waals surface area contributed by atoms with E-state index in [9.17, 15) is 0 Å². The second-order valence-corrected chi connectivity index (χ2v) is 4.33. The zero-order chi connectivity index (χ0) is 13.4. The van der Waals surface area contributed by atoms with Crippen molar-refractivity contribution >= 4 is 5.82 Å². The van der Waals surface area contributed by atoms with E-state index in [1.165, 1.54) is 5.56 Å². The van der Waals surface area contributed by atoms with Crippen LogP contribution in [0.3, 0.4) is 0 Å². The van der Waals surface area contributed by atoms with Crippen LogP contribution in [0.2, 0.25) is 0 Å². The Labute approximate surface area is 111 Å². The number of rotatable bonds is 7. The summed E-state index contributed by atoms with van der Waals surface area (Å²) in [6.07, 6.45) is 7.45. The van der Waals surface area contributed by atoms with Crippen molar-refractivity contribution in [3.63, 3.8) is 0 Å². The minimum Gasteiger partial charge on any atom is -0.345 e. The summed E-state index contributed by atoms with van der Waals surface area (Å²) in [6, 6.07) is 4.28. The summed E-state index contributed by atoms with van der Waals surface area (Å²) in [5, 5.41) is 3.18. The Morgan fingerprint density at radius 3 is 2.72 bits per heavy atom. The highest BCUT2D eigenvalue weighted by atomic mass is 15.2. The summed E-state index contributed by atoms with van der Waals surface area (Å²) in [5.74, 6) is 3.71. The van der Waals surface area contributed by atoms with Gasteiger partial charge in [0, 0.05) is 18.8 Å². The molecule has 0 atom stereocenters. The predicted octanol–water partition coefficient (Wildman–Crippen LogP) is 2.21. The molecule has 1 N–H and O–H groups in total. The molecule has 0 spiro atoms. The zero-order valence-electron chi connectivity index (χ0n) is 11.7. The smallest absolute Gasteiger partial charge is 0.129 e. The van der Waals surface area contributed by atoms with Crippen molar-refractivity contribution < 1.29 is 0 Å². The third-order valence-corrected chi connectivity index (χ3v) is 2.77. The van der Waals surface area contributed by atoms with Gasteiger partial charge in [-0.05, 0) is 37.6 Å². The molecule has 0 saturated heterocycles. The van der Waals surface area contributed by atoms with Gasteiger partial charge in [0.1, 0.15) is 5.82 Å². The molecule has 0 radical (unpaired) electrons. The van der Waals surface area contributed by atoms with Crippen LogP contribution < -0.4 is 10.2 Å². The molecule has 0 aliphatic carbocycles.